The molecule has 68 valence electrons. The second-order valence-electron chi connectivity index (χ2n) is 1.44. The predicted octanol–water partition coefficient (Wildman–Crippen LogP) is 3.93. The van der Waals surface area contributed by atoms with Crippen molar-refractivity contribution in [1.29, 1.82) is 0 Å². The zero-order chi connectivity index (χ0) is 9.71. The van der Waals surface area contributed by atoms with Crippen LogP contribution in [0.2, 0.25) is 0 Å². The average Bonchev–Trinajstić information content (AvgIpc) is 1.59. The minimum Gasteiger partial charge on any atom is -0.299 e. The molecule has 0 aliphatic heterocycles. The van der Waals surface area contributed by atoms with Crippen LogP contribution < -0.4 is 0 Å². The second kappa shape index (κ2) is 5.95. The predicted molar refractivity (Wildman–Crippen MR) is 52.3 cm³/mol. The smallest absolute Gasteiger partial charge is 0.245 e. The summed E-state index contributed by atoms with van der Waals surface area (Å²) in [5.41, 5.74) is 0. The number of carbonyl (C=O) groups excluding carboxylic acids is 1. The lowest BCUT2D eigenvalue weighted by atomic mass is 10.9. The third kappa shape index (κ3) is 52.0. The van der Waals surface area contributed by atoms with E-state index >= 15 is 0 Å². The van der Waals surface area contributed by atoms with E-state index in [0.29, 0.717) is 0 Å². The molecule has 0 fully saturated rings. The van der Waals surface area contributed by atoms with Crippen molar-refractivity contribution in [3.05, 3.63) is 0 Å². The Morgan fingerprint density at radius 2 is 1.09 bits per heavy atom. The summed E-state index contributed by atoms with van der Waals surface area (Å²) in [5.74, 6) is 0. The van der Waals surface area contributed by atoms with Crippen LogP contribution in [-0.2, 0) is 4.79 Å². The molecule has 0 N–H and O–H groups in total. The highest BCUT2D eigenvalue weighted by atomic mass is 35.6. The molecule has 0 aromatic carbocycles. The fraction of sp³-hybridized carbons (Fsp3) is 0.750. The third-order valence-corrected chi connectivity index (χ3v) is 0.401. The van der Waals surface area contributed by atoms with E-state index in [2.05, 4.69) is 0 Å². The Morgan fingerprint density at radius 1 is 1.00 bits per heavy atom. The van der Waals surface area contributed by atoms with E-state index < -0.39 is 7.59 Å². The van der Waals surface area contributed by atoms with Gasteiger partial charge in [-0.2, -0.15) is 0 Å². The highest BCUT2D eigenvalue weighted by Crippen LogP contribution is 2.23. The van der Waals surface area contributed by atoms with Crippen molar-refractivity contribution in [1.82, 2.24) is 0 Å². The van der Waals surface area contributed by atoms with Crippen molar-refractivity contribution in [2.45, 2.75) is 14.5 Å². The van der Waals surface area contributed by atoms with Crippen LogP contribution in [0, 0.1) is 0 Å². The summed E-state index contributed by atoms with van der Waals surface area (Å²) in [6.07, 6.45) is 0.234. The molecular formula is C4H4Cl6O. The topological polar surface area (TPSA) is 17.1 Å². The van der Waals surface area contributed by atoms with Crippen molar-refractivity contribution in [3.63, 3.8) is 0 Å². The molecule has 0 atom stereocenters. The van der Waals surface area contributed by atoms with Crippen LogP contribution in [-0.4, -0.2) is 13.9 Å². The van der Waals surface area contributed by atoms with Gasteiger partial charge in [-0.15, -0.1) is 0 Å². The van der Waals surface area contributed by atoms with Crippen molar-refractivity contribution in [2.75, 3.05) is 0 Å². The summed E-state index contributed by atoms with van der Waals surface area (Å²) in [6.45, 7) is 1.48. The number of hydrogen-bond donors (Lipinski definition) is 0. The number of rotatable bonds is 0. The van der Waals surface area contributed by atoms with Gasteiger partial charge in [0, 0.05) is 0 Å². The molecule has 0 aromatic rings. The van der Waals surface area contributed by atoms with Gasteiger partial charge in [0.15, 0.2) is 10.1 Å². The summed E-state index contributed by atoms with van der Waals surface area (Å²) in [5, 5.41) is 0. The van der Waals surface area contributed by atoms with Gasteiger partial charge in [0.05, 0.1) is 0 Å². The van der Waals surface area contributed by atoms with Gasteiger partial charge in [0.1, 0.15) is 0 Å². The van der Waals surface area contributed by atoms with Gasteiger partial charge in [-0.3, -0.25) is 4.79 Å². The fourth-order valence-corrected chi connectivity index (χ4v) is 0. The molecule has 0 rings (SSSR count). The van der Waals surface area contributed by atoms with Crippen LogP contribution in [0.3, 0.4) is 0 Å². The lowest BCUT2D eigenvalue weighted by Crippen LogP contribution is -2.00. The molecule has 0 spiro atoms. The van der Waals surface area contributed by atoms with Crippen LogP contribution in [0.1, 0.15) is 6.92 Å². The SMILES string of the molecule is CC(Cl)(Cl)Cl.O=CC(Cl)(Cl)Cl. The van der Waals surface area contributed by atoms with Crippen molar-refractivity contribution in [3.8, 4) is 0 Å². The van der Waals surface area contributed by atoms with Gasteiger partial charge in [0.2, 0.25) is 3.79 Å². The summed E-state index contributed by atoms with van der Waals surface area (Å²) in [4.78, 5) is 9.43. The molecule has 0 aliphatic rings. The Labute approximate surface area is 94.8 Å². The molecule has 11 heavy (non-hydrogen) atoms. The minimum atomic E-state index is -1.72. The first-order valence-corrected chi connectivity index (χ1v) is 4.43. The standard InChI is InChI=1S/C2HCl3O.C2H3Cl3/c3-2(4,5)1-6;1-2(3,4)5/h1H;1H3. The molecule has 7 heteroatoms. The van der Waals surface area contributed by atoms with Gasteiger partial charge in [-0.05, 0) is 6.92 Å². The zero-order valence-corrected chi connectivity index (χ0v) is 9.79. The molecular weight excluding hydrogens is 277 g/mol. The first-order chi connectivity index (χ1) is 4.56. The number of hydrogen-bond acceptors (Lipinski definition) is 1. The second-order valence-corrected chi connectivity index (χ2v) is 6.66. The van der Waals surface area contributed by atoms with Gasteiger partial charge in [-0.1, -0.05) is 69.6 Å². The molecule has 0 radical (unpaired) electrons. The molecule has 0 unspecified atom stereocenters. The molecule has 0 saturated carbocycles. The van der Waals surface area contributed by atoms with E-state index in [1.807, 2.05) is 0 Å². The van der Waals surface area contributed by atoms with Crippen LogP contribution in [0.4, 0.5) is 0 Å². The van der Waals surface area contributed by atoms with Gasteiger partial charge in [-0.25, -0.2) is 0 Å². The normalized spacial score (nSPS) is 11.5. The molecule has 0 saturated heterocycles. The van der Waals surface area contributed by atoms with Crippen molar-refractivity contribution < 1.29 is 4.79 Å². The van der Waals surface area contributed by atoms with Crippen LogP contribution in [0.5, 0.6) is 0 Å². The maximum atomic E-state index is 9.43. The molecule has 0 aromatic heterocycles. The van der Waals surface area contributed by atoms with Crippen molar-refractivity contribution >= 4 is 75.9 Å². The lowest BCUT2D eigenvalue weighted by molar-refractivity contribution is -0.107. The monoisotopic (exact) mass is 278 g/mol. The van der Waals surface area contributed by atoms with Crippen molar-refractivity contribution in [2.24, 2.45) is 0 Å². The quantitative estimate of drug-likeness (QED) is 0.485. The highest BCUT2D eigenvalue weighted by molar-refractivity contribution is 6.74. The molecule has 0 bridgehead atoms. The average molecular weight is 281 g/mol. The lowest BCUT2D eigenvalue weighted by Gasteiger charge is -1.94. The fourth-order valence-electron chi connectivity index (χ4n) is 0. The summed E-state index contributed by atoms with van der Waals surface area (Å²) >= 11 is 29.8. The van der Waals surface area contributed by atoms with E-state index in [9.17, 15) is 4.79 Å². The zero-order valence-electron chi connectivity index (χ0n) is 5.25. The van der Waals surface area contributed by atoms with E-state index in [1.54, 1.807) is 0 Å². The number of halogens is 6. The van der Waals surface area contributed by atoms with E-state index in [4.69, 9.17) is 69.6 Å². The first-order valence-electron chi connectivity index (χ1n) is 2.16. The maximum Gasteiger partial charge on any atom is 0.245 e. The molecule has 1 nitrogen and oxygen atoms in total. The third-order valence-electron chi connectivity index (χ3n) is 0.134. The summed E-state index contributed by atoms with van der Waals surface area (Å²) in [6, 6.07) is 0. The van der Waals surface area contributed by atoms with Gasteiger partial charge >= 0.3 is 0 Å². The largest absolute Gasteiger partial charge is 0.299 e. The Hall–Kier alpha value is 1.41. The number of alkyl halides is 6. The van der Waals surface area contributed by atoms with Crippen LogP contribution in [0.25, 0.3) is 0 Å². The maximum absolute atomic E-state index is 9.43. The molecule has 0 amide bonds. The van der Waals surface area contributed by atoms with Crippen LogP contribution in [0.15, 0.2) is 0 Å². The molecule has 0 heterocycles. The Balaban J connectivity index is 0. The Kier molecular flexibility index (Phi) is 8.07. The number of aldehydes is 1. The van der Waals surface area contributed by atoms with Gasteiger partial charge in [0.25, 0.3) is 0 Å². The van der Waals surface area contributed by atoms with E-state index in [1.165, 1.54) is 6.92 Å². The van der Waals surface area contributed by atoms with E-state index in [-0.39, 0.29) is 6.29 Å². The Bertz CT molecular complexity index is 105. The van der Waals surface area contributed by atoms with E-state index in [0.717, 1.165) is 0 Å². The summed E-state index contributed by atoms with van der Waals surface area (Å²) < 4.78 is -2.81. The first kappa shape index (κ1) is 14.9. The Morgan fingerprint density at radius 3 is 1.09 bits per heavy atom. The minimum absolute atomic E-state index is 0.234. The van der Waals surface area contributed by atoms with Gasteiger partial charge < -0.3 is 0 Å². The highest BCUT2D eigenvalue weighted by Gasteiger charge is 2.16. The van der Waals surface area contributed by atoms with Crippen LogP contribution >= 0.6 is 69.6 Å². The molecule has 0 aliphatic carbocycles. The summed E-state index contributed by atoms with van der Waals surface area (Å²) in [7, 11) is 0. The number of carbonyl (C=O) groups is 1.